The normalized spacial score (nSPS) is 15.8. The number of hydrogen-bond acceptors (Lipinski definition) is 5. The standard InChI is InChI=1S/C26H25FN2O5S/c1-16-4-7-19(14-20(16)17-5-9-24(21(27)12-17)35(31,32)29(2)3)28-25(30)26(10-11-26)18-6-8-22-23(13-18)34-15-33-22/h4-9,12-14H,10-11,15H2,1-3H3,(H,28,30). The zero-order chi connectivity index (χ0) is 25.0. The average Bonchev–Trinajstić information content (AvgIpc) is 3.50. The third kappa shape index (κ3) is 4.04. The van der Waals surface area contributed by atoms with E-state index in [-0.39, 0.29) is 17.6 Å². The molecule has 2 aliphatic rings. The summed E-state index contributed by atoms with van der Waals surface area (Å²) in [6.07, 6.45) is 1.45. The quantitative estimate of drug-likeness (QED) is 0.545. The number of halogens is 1. The molecule has 5 rings (SSSR count). The first-order valence-electron chi connectivity index (χ1n) is 11.2. The number of nitrogens with zero attached hydrogens (tertiary/aromatic N) is 1. The minimum absolute atomic E-state index is 0.121. The summed E-state index contributed by atoms with van der Waals surface area (Å²) in [6.45, 7) is 2.05. The van der Waals surface area contributed by atoms with E-state index in [1.807, 2.05) is 31.2 Å². The van der Waals surface area contributed by atoms with Crippen molar-refractivity contribution in [1.29, 1.82) is 0 Å². The maximum absolute atomic E-state index is 14.8. The number of anilines is 1. The molecule has 35 heavy (non-hydrogen) atoms. The first-order valence-corrected chi connectivity index (χ1v) is 12.6. The van der Waals surface area contributed by atoms with Gasteiger partial charge in [0.1, 0.15) is 10.7 Å². The van der Waals surface area contributed by atoms with E-state index in [4.69, 9.17) is 9.47 Å². The number of rotatable bonds is 6. The maximum Gasteiger partial charge on any atom is 0.245 e. The zero-order valence-electron chi connectivity index (χ0n) is 19.6. The van der Waals surface area contributed by atoms with Gasteiger partial charge in [-0.1, -0.05) is 18.2 Å². The molecule has 1 aliphatic heterocycles. The predicted octanol–water partition coefficient (Wildman–Crippen LogP) is 4.45. The molecular formula is C26H25FN2O5S. The molecule has 1 aliphatic carbocycles. The lowest BCUT2D eigenvalue weighted by Crippen LogP contribution is -2.27. The van der Waals surface area contributed by atoms with Crippen molar-refractivity contribution in [3.8, 4) is 22.6 Å². The summed E-state index contributed by atoms with van der Waals surface area (Å²) in [5.74, 6) is 0.361. The molecule has 7 nitrogen and oxygen atoms in total. The summed E-state index contributed by atoms with van der Waals surface area (Å²) in [7, 11) is -1.18. The van der Waals surface area contributed by atoms with Crippen molar-refractivity contribution in [2.45, 2.75) is 30.1 Å². The molecule has 1 amide bonds. The van der Waals surface area contributed by atoms with E-state index in [1.165, 1.54) is 26.2 Å². The monoisotopic (exact) mass is 496 g/mol. The molecule has 0 aromatic heterocycles. The molecule has 3 aromatic carbocycles. The number of nitrogens with one attached hydrogen (secondary N) is 1. The molecule has 0 atom stereocenters. The number of aryl methyl sites for hydroxylation is 1. The number of carbonyl (C=O) groups is 1. The van der Waals surface area contributed by atoms with Gasteiger partial charge in [-0.2, -0.15) is 0 Å². The molecule has 0 unspecified atom stereocenters. The van der Waals surface area contributed by atoms with E-state index in [2.05, 4.69) is 5.32 Å². The molecule has 1 fully saturated rings. The molecule has 9 heteroatoms. The van der Waals surface area contributed by atoms with Gasteiger partial charge in [-0.3, -0.25) is 4.79 Å². The Labute approximate surface area is 203 Å². The molecule has 0 bridgehead atoms. The second kappa shape index (κ2) is 8.35. The van der Waals surface area contributed by atoms with Gasteiger partial charge in [0.2, 0.25) is 22.7 Å². The number of sulfonamides is 1. The molecule has 0 radical (unpaired) electrons. The lowest BCUT2D eigenvalue weighted by atomic mass is 9.94. The van der Waals surface area contributed by atoms with Gasteiger partial charge in [-0.15, -0.1) is 0 Å². The van der Waals surface area contributed by atoms with Crippen LogP contribution >= 0.6 is 0 Å². The van der Waals surface area contributed by atoms with Crippen molar-refractivity contribution in [2.24, 2.45) is 0 Å². The van der Waals surface area contributed by atoms with Gasteiger partial charge in [-0.25, -0.2) is 17.1 Å². The Kier molecular flexibility index (Phi) is 5.56. The Morgan fingerprint density at radius 3 is 2.43 bits per heavy atom. The van der Waals surface area contributed by atoms with Crippen LogP contribution < -0.4 is 14.8 Å². The van der Waals surface area contributed by atoms with Gasteiger partial charge in [0.15, 0.2) is 11.5 Å². The highest BCUT2D eigenvalue weighted by molar-refractivity contribution is 7.89. The van der Waals surface area contributed by atoms with Crippen LogP contribution in [0.3, 0.4) is 0 Å². The fraction of sp³-hybridized carbons (Fsp3) is 0.269. The van der Waals surface area contributed by atoms with E-state index in [0.29, 0.717) is 28.3 Å². The van der Waals surface area contributed by atoms with E-state index >= 15 is 0 Å². The Balaban J connectivity index is 1.41. The summed E-state index contributed by atoms with van der Waals surface area (Å²) in [6, 6.07) is 15.0. The fourth-order valence-corrected chi connectivity index (χ4v) is 5.24. The highest BCUT2D eigenvalue weighted by atomic mass is 32.2. The third-order valence-corrected chi connectivity index (χ3v) is 8.46. The van der Waals surface area contributed by atoms with Crippen molar-refractivity contribution in [3.63, 3.8) is 0 Å². The number of fused-ring (bicyclic) bond motifs is 1. The molecule has 1 N–H and O–H groups in total. The minimum atomic E-state index is -3.90. The number of amides is 1. The van der Waals surface area contributed by atoms with E-state index < -0.39 is 21.3 Å². The van der Waals surface area contributed by atoms with Crippen molar-refractivity contribution >= 4 is 21.6 Å². The highest BCUT2D eigenvalue weighted by Crippen LogP contribution is 2.51. The third-order valence-electron chi connectivity index (χ3n) is 6.61. The SMILES string of the molecule is Cc1ccc(NC(=O)C2(c3ccc4c(c3)OCO4)CC2)cc1-c1ccc(S(=O)(=O)N(C)C)c(F)c1. The summed E-state index contributed by atoms with van der Waals surface area (Å²) >= 11 is 0. The second-order valence-corrected chi connectivity index (χ2v) is 11.2. The van der Waals surface area contributed by atoms with Gasteiger partial charge < -0.3 is 14.8 Å². The van der Waals surface area contributed by atoms with E-state index in [9.17, 15) is 17.6 Å². The predicted molar refractivity (Wildman–Crippen MR) is 130 cm³/mol. The highest BCUT2D eigenvalue weighted by Gasteiger charge is 2.51. The van der Waals surface area contributed by atoms with Crippen molar-refractivity contribution < 1.29 is 27.1 Å². The van der Waals surface area contributed by atoms with Crippen molar-refractivity contribution in [3.05, 3.63) is 71.5 Å². The van der Waals surface area contributed by atoms with Crippen LogP contribution in [-0.2, 0) is 20.2 Å². The molecule has 0 spiro atoms. The van der Waals surface area contributed by atoms with Crippen LogP contribution in [0.25, 0.3) is 11.1 Å². The van der Waals surface area contributed by atoms with Crippen LogP contribution in [-0.4, -0.2) is 39.5 Å². The first kappa shape index (κ1) is 23.3. The van der Waals surface area contributed by atoms with Gasteiger partial charge in [0, 0.05) is 19.8 Å². The molecule has 3 aromatic rings. The van der Waals surface area contributed by atoms with Crippen LogP contribution in [0.4, 0.5) is 10.1 Å². The molecule has 1 saturated carbocycles. The Morgan fingerprint density at radius 2 is 1.74 bits per heavy atom. The Bertz CT molecular complexity index is 1450. The summed E-state index contributed by atoms with van der Waals surface area (Å²) in [5.41, 5.74) is 2.91. The number of benzene rings is 3. The topological polar surface area (TPSA) is 84.9 Å². The van der Waals surface area contributed by atoms with E-state index in [0.717, 1.165) is 28.3 Å². The molecular weight excluding hydrogens is 471 g/mol. The van der Waals surface area contributed by atoms with Crippen LogP contribution in [0.5, 0.6) is 11.5 Å². The smallest absolute Gasteiger partial charge is 0.245 e. The average molecular weight is 497 g/mol. The van der Waals surface area contributed by atoms with Crippen LogP contribution in [0.2, 0.25) is 0 Å². The Hall–Kier alpha value is -3.43. The van der Waals surface area contributed by atoms with E-state index in [1.54, 1.807) is 18.2 Å². The van der Waals surface area contributed by atoms with Crippen LogP contribution in [0, 0.1) is 12.7 Å². The lowest BCUT2D eigenvalue weighted by molar-refractivity contribution is -0.118. The van der Waals surface area contributed by atoms with Crippen LogP contribution in [0.15, 0.2) is 59.5 Å². The second-order valence-electron chi connectivity index (χ2n) is 9.07. The van der Waals surface area contributed by atoms with Crippen molar-refractivity contribution in [1.82, 2.24) is 4.31 Å². The summed E-state index contributed by atoms with van der Waals surface area (Å²) in [5, 5.41) is 3.01. The van der Waals surface area contributed by atoms with Gasteiger partial charge in [-0.05, 0) is 78.4 Å². The molecule has 1 heterocycles. The van der Waals surface area contributed by atoms with Crippen LogP contribution in [0.1, 0.15) is 24.0 Å². The zero-order valence-corrected chi connectivity index (χ0v) is 20.4. The largest absolute Gasteiger partial charge is 0.454 e. The maximum atomic E-state index is 14.8. The van der Waals surface area contributed by atoms with Gasteiger partial charge >= 0.3 is 0 Å². The van der Waals surface area contributed by atoms with Crippen molar-refractivity contribution in [2.75, 3.05) is 26.2 Å². The molecule has 182 valence electrons. The minimum Gasteiger partial charge on any atom is -0.454 e. The lowest BCUT2D eigenvalue weighted by Gasteiger charge is -2.18. The molecule has 0 saturated heterocycles. The Morgan fingerprint density at radius 1 is 1.00 bits per heavy atom. The number of carbonyl (C=O) groups excluding carboxylic acids is 1. The number of ether oxygens (including phenoxy) is 2. The summed E-state index contributed by atoms with van der Waals surface area (Å²) < 4.78 is 51.3. The van der Waals surface area contributed by atoms with Gasteiger partial charge in [0.25, 0.3) is 0 Å². The fourth-order valence-electron chi connectivity index (χ4n) is 4.30. The summed E-state index contributed by atoms with van der Waals surface area (Å²) in [4.78, 5) is 12.9. The number of hydrogen-bond donors (Lipinski definition) is 1. The van der Waals surface area contributed by atoms with Gasteiger partial charge in [0.05, 0.1) is 5.41 Å². The first-order chi connectivity index (χ1) is 16.6.